The van der Waals surface area contributed by atoms with Crippen molar-refractivity contribution in [1.82, 2.24) is 0 Å². The molecule has 1 aromatic carbocycles. The lowest BCUT2D eigenvalue weighted by Gasteiger charge is -2.05. The molecule has 0 fully saturated rings. The number of methoxy groups -OCH3 is 1. The third kappa shape index (κ3) is 3.80. The summed E-state index contributed by atoms with van der Waals surface area (Å²) in [5.74, 6) is -0.267. The molecule has 0 atom stereocenters. The van der Waals surface area contributed by atoms with E-state index in [0.717, 1.165) is 5.56 Å². The molecule has 0 aromatic heterocycles. The number of rotatable bonds is 5. The first-order valence-electron chi connectivity index (χ1n) is 5.67. The van der Waals surface area contributed by atoms with Gasteiger partial charge < -0.3 is 9.47 Å². The lowest BCUT2D eigenvalue weighted by molar-refractivity contribution is -0.419. The highest BCUT2D eigenvalue weighted by Crippen LogP contribution is 2.20. The summed E-state index contributed by atoms with van der Waals surface area (Å²) >= 11 is 0. The minimum Gasteiger partial charge on any atom is -0.496 e. The average Bonchev–Trinajstić information content (AvgIpc) is 2.36. The molecule has 0 aliphatic carbocycles. The predicted molar refractivity (Wildman–Crippen MR) is 69.3 cm³/mol. The van der Waals surface area contributed by atoms with Gasteiger partial charge in [0.15, 0.2) is 0 Å². The van der Waals surface area contributed by atoms with Crippen LogP contribution < -0.4 is 4.74 Å². The van der Waals surface area contributed by atoms with E-state index in [-0.39, 0.29) is 6.61 Å². The topological polar surface area (TPSA) is 78.7 Å². The molecule has 0 saturated heterocycles. The Labute approximate surface area is 110 Å². The predicted octanol–water partition coefficient (Wildman–Crippen LogP) is 2.18. The maximum Gasteiger partial charge on any atom is 0.409 e. The van der Waals surface area contributed by atoms with Gasteiger partial charge in [-0.1, -0.05) is 6.07 Å². The monoisotopic (exact) mass is 265 g/mol. The summed E-state index contributed by atoms with van der Waals surface area (Å²) in [5, 5.41) is 10.8. The van der Waals surface area contributed by atoms with Crippen molar-refractivity contribution in [3.05, 3.63) is 45.1 Å². The zero-order valence-corrected chi connectivity index (χ0v) is 11.0. The standard InChI is InChI=1S/C13H15NO5/c1-4-19-13(15)11(14(16)17)8-10-5-6-12(18-3)9(2)7-10/h5-8H,4H2,1-3H3/b11-8+. The van der Waals surface area contributed by atoms with Gasteiger partial charge in [0.05, 0.1) is 18.6 Å². The van der Waals surface area contributed by atoms with Crippen molar-refractivity contribution >= 4 is 12.0 Å². The molecule has 0 amide bonds. The fraction of sp³-hybridized carbons (Fsp3) is 0.308. The molecule has 0 spiro atoms. The van der Waals surface area contributed by atoms with Crippen LogP contribution in [0.2, 0.25) is 0 Å². The maximum atomic E-state index is 11.4. The van der Waals surface area contributed by atoms with Gasteiger partial charge in [-0.2, -0.15) is 0 Å². The second-order valence-corrected chi connectivity index (χ2v) is 3.74. The molecule has 6 heteroatoms. The van der Waals surface area contributed by atoms with E-state index in [9.17, 15) is 14.9 Å². The summed E-state index contributed by atoms with van der Waals surface area (Å²) in [4.78, 5) is 21.5. The number of aryl methyl sites for hydroxylation is 1. The quantitative estimate of drug-likeness (QED) is 0.353. The van der Waals surface area contributed by atoms with Gasteiger partial charge in [0, 0.05) is 6.08 Å². The van der Waals surface area contributed by atoms with Crippen molar-refractivity contribution < 1.29 is 19.2 Å². The van der Waals surface area contributed by atoms with Crippen LogP contribution in [-0.4, -0.2) is 24.6 Å². The Bertz CT molecular complexity index is 522. The van der Waals surface area contributed by atoms with Crippen LogP contribution in [0.15, 0.2) is 23.9 Å². The first-order chi connectivity index (χ1) is 8.99. The van der Waals surface area contributed by atoms with E-state index >= 15 is 0 Å². The van der Waals surface area contributed by atoms with E-state index in [4.69, 9.17) is 4.74 Å². The molecule has 1 rings (SSSR count). The molecular formula is C13H15NO5. The molecule has 6 nitrogen and oxygen atoms in total. The Morgan fingerprint density at radius 3 is 2.63 bits per heavy atom. The number of benzene rings is 1. The number of carbonyl (C=O) groups is 1. The van der Waals surface area contributed by atoms with Gasteiger partial charge in [-0.25, -0.2) is 4.79 Å². The van der Waals surface area contributed by atoms with Crippen molar-refractivity contribution in [2.24, 2.45) is 0 Å². The van der Waals surface area contributed by atoms with Crippen LogP contribution in [0.25, 0.3) is 6.08 Å². The molecule has 0 heterocycles. The SMILES string of the molecule is CCOC(=O)/C(=C\c1ccc(OC)c(C)c1)[N+](=O)[O-]. The fourth-order valence-electron chi connectivity index (χ4n) is 1.54. The summed E-state index contributed by atoms with van der Waals surface area (Å²) in [7, 11) is 1.54. The van der Waals surface area contributed by atoms with E-state index in [1.807, 2.05) is 6.92 Å². The Morgan fingerprint density at radius 2 is 2.16 bits per heavy atom. The average molecular weight is 265 g/mol. The van der Waals surface area contributed by atoms with Gasteiger partial charge in [-0.15, -0.1) is 0 Å². The van der Waals surface area contributed by atoms with Crippen molar-refractivity contribution in [3.8, 4) is 5.75 Å². The van der Waals surface area contributed by atoms with Gasteiger partial charge in [-0.3, -0.25) is 10.1 Å². The highest BCUT2D eigenvalue weighted by atomic mass is 16.6. The Hall–Kier alpha value is -2.37. The molecular weight excluding hydrogens is 250 g/mol. The second kappa shape index (κ2) is 6.53. The number of ether oxygens (including phenoxy) is 2. The van der Waals surface area contributed by atoms with Crippen LogP contribution in [0.3, 0.4) is 0 Å². The minimum atomic E-state index is -0.944. The lowest BCUT2D eigenvalue weighted by atomic mass is 10.1. The summed E-state index contributed by atoms with van der Waals surface area (Å²) < 4.78 is 9.73. The Kier molecular flexibility index (Phi) is 5.05. The molecule has 0 saturated carbocycles. The molecule has 0 bridgehead atoms. The van der Waals surface area contributed by atoms with E-state index in [1.54, 1.807) is 32.2 Å². The third-order valence-electron chi connectivity index (χ3n) is 2.40. The molecule has 0 N–H and O–H groups in total. The first kappa shape index (κ1) is 14.7. The van der Waals surface area contributed by atoms with Gasteiger partial charge in [-0.05, 0) is 37.1 Å². The van der Waals surface area contributed by atoms with Crippen LogP contribution in [-0.2, 0) is 9.53 Å². The van der Waals surface area contributed by atoms with Gasteiger partial charge in [0.2, 0.25) is 0 Å². The molecule has 0 aliphatic rings. The molecule has 1 aromatic rings. The molecule has 0 unspecified atom stereocenters. The fourth-order valence-corrected chi connectivity index (χ4v) is 1.54. The van der Waals surface area contributed by atoms with Gasteiger partial charge >= 0.3 is 11.7 Å². The second-order valence-electron chi connectivity index (χ2n) is 3.74. The maximum absolute atomic E-state index is 11.4. The number of carbonyl (C=O) groups excluding carboxylic acids is 1. The van der Waals surface area contributed by atoms with E-state index < -0.39 is 16.6 Å². The van der Waals surface area contributed by atoms with Crippen LogP contribution in [0.1, 0.15) is 18.1 Å². The molecule has 0 radical (unpaired) electrons. The van der Waals surface area contributed by atoms with Crippen molar-refractivity contribution in [1.29, 1.82) is 0 Å². The number of hydrogen-bond donors (Lipinski definition) is 0. The van der Waals surface area contributed by atoms with Gasteiger partial charge in [0.25, 0.3) is 0 Å². The number of nitrogens with zero attached hydrogens (tertiary/aromatic N) is 1. The minimum absolute atomic E-state index is 0.0889. The van der Waals surface area contributed by atoms with Crippen LogP contribution in [0, 0.1) is 17.0 Å². The van der Waals surface area contributed by atoms with Gasteiger partial charge in [0.1, 0.15) is 5.75 Å². The summed E-state index contributed by atoms with van der Waals surface area (Å²) in [6.07, 6.45) is 1.18. The number of esters is 1. The molecule has 0 aliphatic heterocycles. The zero-order chi connectivity index (χ0) is 14.4. The van der Waals surface area contributed by atoms with E-state index in [2.05, 4.69) is 4.74 Å². The summed E-state index contributed by atoms with van der Waals surface area (Å²) in [5.41, 5.74) is 0.771. The smallest absolute Gasteiger partial charge is 0.409 e. The summed E-state index contributed by atoms with van der Waals surface area (Å²) in [6, 6.07) is 5.01. The first-order valence-corrected chi connectivity index (χ1v) is 5.67. The number of nitro groups is 1. The van der Waals surface area contributed by atoms with E-state index in [0.29, 0.717) is 11.3 Å². The molecule has 19 heavy (non-hydrogen) atoms. The summed E-state index contributed by atoms with van der Waals surface area (Å²) in [6.45, 7) is 3.49. The Morgan fingerprint density at radius 1 is 1.47 bits per heavy atom. The molecule has 102 valence electrons. The van der Waals surface area contributed by atoms with Crippen molar-refractivity contribution in [2.45, 2.75) is 13.8 Å². The van der Waals surface area contributed by atoms with E-state index in [1.165, 1.54) is 6.08 Å². The number of hydrogen-bond acceptors (Lipinski definition) is 5. The van der Waals surface area contributed by atoms with Crippen molar-refractivity contribution in [3.63, 3.8) is 0 Å². The highest BCUT2D eigenvalue weighted by Gasteiger charge is 2.23. The Balaban J connectivity index is 3.12. The van der Waals surface area contributed by atoms with Crippen molar-refractivity contribution in [2.75, 3.05) is 13.7 Å². The third-order valence-corrected chi connectivity index (χ3v) is 2.40. The normalized spacial score (nSPS) is 11.0. The highest BCUT2D eigenvalue weighted by molar-refractivity contribution is 5.91. The van der Waals surface area contributed by atoms with Crippen LogP contribution >= 0.6 is 0 Å². The largest absolute Gasteiger partial charge is 0.496 e. The van der Waals surface area contributed by atoms with Crippen LogP contribution in [0.5, 0.6) is 5.75 Å². The lowest BCUT2D eigenvalue weighted by Crippen LogP contribution is -2.14. The van der Waals surface area contributed by atoms with Crippen LogP contribution in [0.4, 0.5) is 0 Å². The zero-order valence-electron chi connectivity index (χ0n) is 11.0.